The summed E-state index contributed by atoms with van der Waals surface area (Å²) in [5, 5.41) is 3.47. The Morgan fingerprint density at radius 3 is 2.65 bits per heavy atom. The first-order chi connectivity index (χ1) is 16.2. The molecular weight excluding hydrogens is 456 g/mol. The lowest BCUT2D eigenvalue weighted by molar-refractivity contribution is -0.140. The van der Waals surface area contributed by atoms with Crippen molar-refractivity contribution in [2.45, 2.75) is 26.1 Å². The van der Waals surface area contributed by atoms with E-state index in [0.29, 0.717) is 59.9 Å². The maximum Gasteiger partial charge on any atom is 0.419 e. The average molecular weight is 480 g/mol. The molecule has 11 heteroatoms. The maximum absolute atomic E-state index is 14.6. The Kier molecular flexibility index (Phi) is 6.65. The predicted molar refractivity (Wildman–Crippen MR) is 118 cm³/mol. The zero-order chi connectivity index (χ0) is 24.5. The number of alkyl halides is 3. The number of nitrogen functional groups attached to an aromatic ring is 1. The molecular formula is C23H24F4N4O3. The predicted octanol–water partition coefficient (Wildman–Crippen LogP) is 4.71. The van der Waals surface area contributed by atoms with E-state index in [0.717, 1.165) is 12.5 Å². The second-order valence-electron chi connectivity index (χ2n) is 8.07. The first-order valence-electron chi connectivity index (χ1n) is 10.6. The molecule has 3 N–H and O–H groups in total. The number of anilines is 2. The quantitative estimate of drug-likeness (QED) is 0.374. The van der Waals surface area contributed by atoms with Gasteiger partial charge in [-0.3, -0.25) is 0 Å². The lowest BCUT2D eigenvalue weighted by atomic mass is 10.1. The fraction of sp³-hybridized carbons (Fsp3) is 0.391. The van der Waals surface area contributed by atoms with Gasteiger partial charge in [-0.1, -0.05) is 0 Å². The van der Waals surface area contributed by atoms with Crippen molar-refractivity contribution in [2.24, 2.45) is 5.92 Å². The molecule has 2 heterocycles. The molecule has 1 saturated heterocycles. The average Bonchev–Trinajstić information content (AvgIpc) is 3.30. The Labute approximate surface area is 193 Å². The van der Waals surface area contributed by atoms with Gasteiger partial charge in [-0.25, -0.2) is 14.4 Å². The van der Waals surface area contributed by atoms with Gasteiger partial charge >= 0.3 is 6.18 Å². The number of benzene rings is 2. The number of hydrogen-bond donors (Lipinski definition) is 2. The molecule has 0 radical (unpaired) electrons. The van der Waals surface area contributed by atoms with Crippen LogP contribution in [0.15, 0.2) is 24.3 Å². The Bertz CT molecular complexity index is 1200. The van der Waals surface area contributed by atoms with Gasteiger partial charge in [-0.15, -0.1) is 0 Å². The summed E-state index contributed by atoms with van der Waals surface area (Å²) in [7, 11) is 1.51. The summed E-state index contributed by atoms with van der Waals surface area (Å²) >= 11 is 0. The van der Waals surface area contributed by atoms with Crippen LogP contribution in [-0.4, -0.2) is 36.9 Å². The van der Waals surface area contributed by atoms with Crippen LogP contribution in [0.1, 0.15) is 23.4 Å². The van der Waals surface area contributed by atoms with Crippen LogP contribution in [0.25, 0.3) is 10.9 Å². The van der Waals surface area contributed by atoms with Gasteiger partial charge in [0.25, 0.3) is 0 Å². The van der Waals surface area contributed by atoms with Gasteiger partial charge in [0.1, 0.15) is 17.5 Å². The van der Waals surface area contributed by atoms with Gasteiger partial charge in [-0.2, -0.15) is 13.2 Å². The lowest BCUT2D eigenvalue weighted by Crippen LogP contribution is -2.14. The van der Waals surface area contributed by atoms with Crippen LogP contribution in [0.5, 0.6) is 11.5 Å². The molecule has 1 aromatic heterocycles. The summed E-state index contributed by atoms with van der Waals surface area (Å²) in [6, 6.07) is 5.13. The Balaban J connectivity index is 1.66. The van der Waals surface area contributed by atoms with E-state index in [1.807, 2.05) is 0 Å². The molecule has 1 aliphatic rings. The van der Waals surface area contributed by atoms with E-state index in [2.05, 4.69) is 15.3 Å². The topological polar surface area (TPSA) is 91.5 Å². The van der Waals surface area contributed by atoms with E-state index in [1.54, 1.807) is 19.1 Å². The first kappa shape index (κ1) is 23.8. The van der Waals surface area contributed by atoms with Crippen molar-refractivity contribution < 1.29 is 31.8 Å². The normalized spacial score (nSPS) is 16.1. The molecule has 34 heavy (non-hydrogen) atoms. The molecule has 1 fully saturated rings. The zero-order valence-corrected chi connectivity index (χ0v) is 18.6. The van der Waals surface area contributed by atoms with Crippen LogP contribution in [-0.2, 0) is 17.5 Å². The molecule has 0 aliphatic carbocycles. The zero-order valence-electron chi connectivity index (χ0n) is 18.6. The van der Waals surface area contributed by atoms with E-state index in [-0.39, 0.29) is 23.7 Å². The Hall–Kier alpha value is -3.34. The van der Waals surface area contributed by atoms with Crippen molar-refractivity contribution in [1.29, 1.82) is 0 Å². The number of fused-ring (bicyclic) bond motifs is 1. The summed E-state index contributed by atoms with van der Waals surface area (Å²) in [4.78, 5) is 8.77. The Morgan fingerprint density at radius 2 is 1.97 bits per heavy atom. The number of nitrogens with one attached hydrogen (secondary N) is 1. The molecule has 4 rings (SSSR count). The summed E-state index contributed by atoms with van der Waals surface area (Å²) in [6.45, 7) is 3.15. The van der Waals surface area contributed by atoms with Crippen LogP contribution in [0.3, 0.4) is 0 Å². The molecule has 7 nitrogen and oxygen atoms in total. The van der Waals surface area contributed by atoms with E-state index < -0.39 is 17.6 Å². The van der Waals surface area contributed by atoms with Crippen molar-refractivity contribution in [3.63, 3.8) is 0 Å². The van der Waals surface area contributed by atoms with Gasteiger partial charge in [0.2, 0.25) is 0 Å². The lowest BCUT2D eigenvalue weighted by Gasteiger charge is -2.17. The maximum atomic E-state index is 14.6. The van der Waals surface area contributed by atoms with Gasteiger partial charge in [-0.05, 0) is 31.5 Å². The molecule has 0 unspecified atom stereocenters. The number of methoxy groups -OCH3 is 1. The van der Waals surface area contributed by atoms with Crippen LogP contribution in [0.4, 0.5) is 29.1 Å². The van der Waals surface area contributed by atoms with Crippen molar-refractivity contribution >= 4 is 22.4 Å². The molecule has 3 aromatic rings. The van der Waals surface area contributed by atoms with E-state index in [1.165, 1.54) is 7.11 Å². The molecule has 0 bridgehead atoms. The number of nitrogens with two attached hydrogens (primary N) is 1. The number of halogens is 4. The van der Waals surface area contributed by atoms with Crippen molar-refractivity contribution in [3.8, 4) is 11.5 Å². The molecule has 0 amide bonds. The van der Waals surface area contributed by atoms with Gasteiger partial charge in [0.05, 0.1) is 31.4 Å². The highest BCUT2D eigenvalue weighted by molar-refractivity contribution is 5.91. The summed E-state index contributed by atoms with van der Waals surface area (Å²) in [5.41, 5.74) is 4.29. The second-order valence-corrected chi connectivity index (χ2v) is 8.07. The standard InChI is InChI=1S/C23H24F4N4O3/c1-12-30-18-8-19(32-2)20(34-11-13-3-4-33-10-13)7-16(18)22(31-12)29-9-14-5-15(28)6-17(21(14)24)23(25,26)27/h5-8,13H,3-4,9-11,28H2,1-2H3,(H,29,30,31)/t13-/m0/s1. The number of aryl methyl sites for hydroxylation is 1. The fourth-order valence-corrected chi connectivity index (χ4v) is 3.81. The SMILES string of the molecule is COc1cc2nc(C)nc(NCc3cc(N)cc(C(F)(F)F)c3F)c2cc1OC[C@H]1CCOC1. The molecule has 1 aliphatic heterocycles. The number of hydrogen-bond acceptors (Lipinski definition) is 7. The van der Waals surface area contributed by atoms with E-state index in [4.69, 9.17) is 19.9 Å². The highest BCUT2D eigenvalue weighted by Crippen LogP contribution is 2.36. The summed E-state index contributed by atoms with van der Waals surface area (Å²) in [6.07, 6.45) is -3.96. The molecule has 182 valence electrons. The number of rotatable bonds is 7. The van der Waals surface area contributed by atoms with Crippen molar-refractivity contribution in [1.82, 2.24) is 9.97 Å². The highest BCUT2D eigenvalue weighted by atomic mass is 19.4. The van der Waals surface area contributed by atoms with Gasteiger partial charge in [0, 0.05) is 41.8 Å². The molecule has 0 saturated carbocycles. The minimum atomic E-state index is -4.86. The molecule has 0 spiro atoms. The largest absolute Gasteiger partial charge is 0.493 e. The summed E-state index contributed by atoms with van der Waals surface area (Å²) in [5.74, 6) is 0.557. The van der Waals surface area contributed by atoms with Crippen LogP contribution in [0.2, 0.25) is 0 Å². The number of ether oxygens (including phenoxy) is 3. The number of aromatic nitrogens is 2. The molecule has 2 aromatic carbocycles. The number of nitrogens with zero attached hydrogens (tertiary/aromatic N) is 2. The highest BCUT2D eigenvalue weighted by Gasteiger charge is 2.35. The third-order valence-electron chi connectivity index (χ3n) is 5.51. The minimum Gasteiger partial charge on any atom is -0.493 e. The summed E-state index contributed by atoms with van der Waals surface area (Å²) < 4.78 is 70.8. The van der Waals surface area contributed by atoms with Gasteiger partial charge < -0.3 is 25.3 Å². The third-order valence-corrected chi connectivity index (χ3v) is 5.51. The van der Waals surface area contributed by atoms with Crippen LogP contribution < -0.4 is 20.5 Å². The van der Waals surface area contributed by atoms with E-state index in [9.17, 15) is 17.6 Å². The fourth-order valence-electron chi connectivity index (χ4n) is 3.81. The monoisotopic (exact) mass is 480 g/mol. The van der Waals surface area contributed by atoms with Crippen LogP contribution in [0, 0.1) is 18.7 Å². The van der Waals surface area contributed by atoms with Gasteiger partial charge in [0.15, 0.2) is 11.5 Å². The Morgan fingerprint density at radius 1 is 1.18 bits per heavy atom. The first-order valence-corrected chi connectivity index (χ1v) is 10.6. The van der Waals surface area contributed by atoms with Crippen LogP contribution >= 0.6 is 0 Å². The van der Waals surface area contributed by atoms with Crippen molar-refractivity contribution in [3.05, 3.63) is 47.0 Å². The minimum absolute atomic E-state index is 0.189. The third kappa shape index (κ3) is 5.09. The second kappa shape index (κ2) is 9.49. The molecule has 1 atom stereocenters. The van der Waals surface area contributed by atoms with E-state index >= 15 is 0 Å². The smallest absolute Gasteiger partial charge is 0.419 e. The van der Waals surface area contributed by atoms with Crippen molar-refractivity contribution in [2.75, 3.05) is 38.0 Å².